The van der Waals surface area contributed by atoms with Crippen molar-refractivity contribution in [1.82, 2.24) is 0 Å². The van der Waals surface area contributed by atoms with E-state index >= 15 is 0 Å². The summed E-state index contributed by atoms with van der Waals surface area (Å²) in [6.45, 7) is 0. The predicted molar refractivity (Wildman–Crippen MR) is 22.9 cm³/mol. The Morgan fingerprint density at radius 1 is 1.50 bits per heavy atom. The Morgan fingerprint density at radius 2 is 1.88 bits per heavy atom. The van der Waals surface area contributed by atoms with Crippen molar-refractivity contribution in [2.24, 2.45) is 17.3 Å². The first-order chi connectivity index (χ1) is 3.12. The van der Waals surface area contributed by atoms with Crippen LogP contribution in [0.3, 0.4) is 0 Å². The van der Waals surface area contributed by atoms with Gasteiger partial charge in [0.1, 0.15) is 5.79 Å². The monoisotopic (exact) mass is 340 g/mol. The molecule has 0 aliphatic rings. The summed E-state index contributed by atoms with van der Waals surface area (Å²) in [6, 6.07) is 0. The second kappa shape index (κ2) is 4.41. The summed E-state index contributed by atoms with van der Waals surface area (Å²) in [5, 5.41) is 0. The minimum absolute atomic E-state index is 0. The quantitative estimate of drug-likeness (QED) is 0.178. The topological polar surface area (TPSA) is 112 Å². The van der Waals surface area contributed by atoms with E-state index in [2.05, 4.69) is 0 Å². The molecule has 0 unspecified atom stereocenters. The summed E-state index contributed by atoms with van der Waals surface area (Å²) >= 11 is 0. The Bertz CT molecular complexity index is 74.4. The summed E-state index contributed by atoms with van der Waals surface area (Å²) in [5.74, 6) is 3.21. The van der Waals surface area contributed by atoms with Crippen molar-refractivity contribution in [3.8, 4) is 0 Å². The van der Waals surface area contributed by atoms with Crippen molar-refractivity contribution in [1.29, 1.82) is 0 Å². The molecule has 0 atom stereocenters. The molecule has 0 heterocycles. The molecule has 0 fully saturated rings. The maximum Gasteiger partial charge on any atom is 0.125 e. The average Bonchev–Trinajstić information content (AvgIpc) is 1.68. The molecule has 0 saturated heterocycles. The van der Waals surface area contributed by atoms with E-state index in [0.717, 1.165) is 5.43 Å². The Morgan fingerprint density at radius 3 is 1.88 bits per heavy atom. The van der Waals surface area contributed by atoms with Gasteiger partial charge >= 0.3 is 0 Å². The Labute approximate surface area is 69.6 Å². The molecule has 0 aliphatic heterocycles. The van der Waals surface area contributed by atoms with Gasteiger partial charge in [0, 0.05) is 29.9 Å². The van der Waals surface area contributed by atoms with Crippen molar-refractivity contribution >= 4 is 6.29 Å². The molecular formula is C2H8N4NpO. The van der Waals surface area contributed by atoms with E-state index < -0.39 is 5.79 Å². The molecule has 0 bridgehead atoms. The zero-order valence-corrected chi connectivity index (χ0v) is 7.89. The van der Waals surface area contributed by atoms with E-state index in [1.165, 1.54) is 6.29 Å². The number of hydrogen-bond donors (Lipinski definition) is 4. The Hall–Kier alpha value is 0.523. The molecule has 47 valence electrons. The fourth-order valence-corrected chi connectivity index (χ4v) is 0.0340. The van der Waals surface area contributed by atoms with Crippen LogP contribution in [0, 0.1) is 29.9 Å². The molecule has 0 spiro atoms. The van der Waals surface area contributed by atoms with Gasteiger partial charge in [-0.25, -0.2) is 0 Å². The molecule has 0 saturated carbocycles. The van der Waals surface area contributed by atoms with E-state index in [1.54, 1.807) is 0 Å². The van der Waals surface area contributed by atoms with E-state index in [0.29, 0.717) is 0 Å². The van der Waals surface area contributed by atoms with Crippen LogP contribution in [0.4, 0.5) is 0 Å². The summed E-state index contributed by atoms with van der Waals surface area (Å²) in [6.07, 6.45) is 1.32. The van der Waals surface area contributed by atoms with Crippen LogP contribution in [-0.4, -0.2) is 12.1 Å². The average molecular weight is 341 g/mol. The molecule has 0 amide bonds. The van der Waals surface area contributed by atoms with Crippen LogP contribution in [0.15, 0.2) is 0 Å². The van der Waals surface area contributed by atoms with Crippen LogP contribution >= 0.6 is 0 Å². The van der Waals surface area contributed by atoms with Gasteiger partial charge in [-0.2, -0.15) is 12.1 Å². The second-order valence-electron chi connectivity index (χ2n) is 1.20. The Kier molecular flexibility index (Phi) is 6.24. The third kappa shape index (κ3) is 4.68. The second-order valence-corrected chi connectivity index (χ2v) is 1.20. The molecule has 0 aromatic heterocycles. The molecule has 0 aromatic carbocycles. The van der Waals surface area contributed by atoms with Gasteiger partial charge in [-0.05, 0) is 0 Å². The van der Waals surface area contributed by atoms with Gasteiger partial charge in [-0.1, -0.05) is 0 Å². The molecule has 8 heavy (non-hydrogen) atoms. The minimum atomic E-state index is -1.57. The van der Waals surface area contributed by atoms with Crippen LogP contribution in [-0.2, 0) is 4.79 Å². The van der Waals surface area contributed by atoms with E-state index in [4.69, 9.17) is 17.3 Å². The molecule has 1 radical (unpaired) electrons. The largest absolute Gasteiger partial charge is 0.533 e. The van der Waals surface area contributed by atoms with Crippen molar-refractivity contribution in [2.45, 2.75) is 5.79 Å². The zero-order chi connectivity index (χ0) is 5.91. The Balaban J connectivity index is 0. The summed E-state index contributed by atoms with van der Waals surface area (Å²) in [4.78, 5) is 9.57. The maximum atomic E-state index is 9.57. The number of rotatable bonds is 2. The first-order valence-corrected chi connectivity index (χ1v) is 1.65. The van der Waals surface area contributed by atoms with E-state index in [-0.39, 0.29) is 29.9 Å². The zero-order valence-electron chi connectivity index (χ0n) is 4.16. The van der Waals surface area contributed by atoms with Gasteiger partial charge in [0.25, 0.3) is 0 Å². The van der Waals surface area contributed by atoms with Crippen LogP contribution in [0.2, 0.25) is 0 Å². The van der Waals surface area contributed by atoms with Gasteiger partial charge in [0.2, 0.25) is 0 Å². The van der Waals surface area contributed by atoms with E-state index in [9.17, 15) is 4.79 Å². The first kappa shape index (κ1) is 11.3. The van der Waals surface area contributed by atoms with Crippen LogP contribution in [0.5, 0.6) is 0 Å². The summed E-state index contributed by atoms with van der Waals surface area (Å²) in [5.41, 5.74) is 10.7. The van der Waals surface area contributed by atoms with Gasteiger partial charge in [0.05, 0.1) is 0 Å². The number of hydrogen-bond acceptors (Lipinski definition) is 4. The summed E-state index contributed by atoms with van der Waals surface area (Å²) in [7, 11) is 0. The fraction of sp³-hybridized carbons (Fsp3) is 0.500. The number of nitrogens with two attached hydrogens (primary N) is 4. The predicted octanol–water partition coefficient (Wildman–Crippen LogP) is -3.90. The number of quaternary nitrogens is 1. The van der Waals surface area contributed by atoms with Crippen molar-refractivity contribution < 1.29 is 40.2 Å². The molecule has 0 aliphatic carbocycles. The standard InChI is InChI=1S/C2H7N4O.Np/c3-2(4,1-7)6-5;/h6H,3-5H2;/q-1;/p+1. The first-order valence-electron chi connectivity index (χ1n) is 1.65. The van der Waals surface area contributed by atoms with Crippen molar-refractivity contribution in [3.05, 3.63) is 0 Å². The molecule has 0 rings (SSSR count). The molecule has 5 nitrogen and oxygen atoms in total. The fourth-order valence-electron chi connectivity index (χ4n) is 0.0340. The van der Waals surface area contributed by atoms with Gasteiger partial charge in [-0.3, -0.25) is 16.9 Å². The van der Waals surface area contributed by atoms with Gasteiger partial charge in [-0.15, -0.1) is 0 Å². The van der Waals surface area contributed by atoms with Crippen LogP contribution < -0.4 is 22.7 Å². The molecule has 0 aromatic rings. The van der Waals surface area contributed by atoms with Crippen LogP contribution in [0.25, 0.3) is 0 Å². The maximum absolute atomic E-state index is 9.57. The minimum Gasteiger partial charge on any atom is -0.533 e. The molecular weight excluding hydrogens is 333 g/mol. The van der Waals surface area contributed by atoms with Crippen LogP contribution in [0.1, 0.15) is 0 Å². The van der Waals surface area contributed by atoms with Gasteiger partial charge < -0.3 is 4.79 Å². The third-order valence-corrected chi connectivity index (χ3v) is 0.453. The van der Waals surface area contributed by atoms with Gasteiger partial charge in [0.15, 0.2) is 0 Å². The third-order valence-electron chi connectivity index (χ3n) is 0.453. The molecule has 8 N–H and O–H groups in total. The normalized spacial score (nSPS) is 9.88. The van der Waals surface area contributed by atoms with Crippen molar-refractivity contribution in [3.63, 3.8) is 0 Å². The van der Waals surface area contributed by atoms with Crippen molar-refractivity contribution in [2.75, 3.05) is 0 Å². The number of carbonyl (C=O) groups excluding carboxylic acids is 1. The SMILES string of the molecule is N[NH2+]C(N)(N)[C-]=O.[Np]. The van der Waals surface area contributed by atoms with E-state index in [1.807, 2.05) is 0 Å². The summed E-state index contributed by atoms with van der Waals surface area (Å²) < 4.78 is 0. The smallest absolute Gasteiger partial charge is 0.125 e. The molecule has 6 heteroatoms.